The van der Waals surface area contributed by atoms with Gasteiger partial charge in [-0.3, -0.25) is 20.0 Å². The Labute approximate surface area is 306 Å². The molecule has 0 aliphatic carbocycles. The van der Waals surface area contributed by atoms with E-state index in [0.717, 1.165) is 76.2 Å². The normalized spacial score (nSPS) is 20.2. The molecule has 0 saturated heterocycles. The van der Waals surface area contributed by atoms with Crippen molar-refractivity contribution in [2.24, 2.45) is 10.7 Å². The number of carbonyl (C=O) groups excluding carboxylic acids is 1. The summed E-state index contributed by atoms with van der Waals surface area (Å²) < 4.78 is 6.47. The topological polar surface area (TPSA) is 142 Å². The van der Waals surface area contributed by atoms with Crippen LogP contribution >= 0.6 is 0 Å². The number of allylic oxidation sites excluding steroid dienone is 1. The molecule has 0 spiro atoms. The van der Waals surface area contributed by atoms with Crippen LogP contribution in [0, 0.1) is 11.8 Å². The molecular formula is C43H51N4O5+. The second kappa shape index (κ2) is 17.8. The van der Waals surface area contributed by atoms with Crippen LogP contribution in [0.2, 0.25) is 0 Å². The first-order valence-corrected chi connectivity index (χ1v) is 18.6. The highest BCUT2D eigenvalue weighted by Gasteiger charge is 2.36. The number of rotatable bonds is 16. The van der Waals surface area contributed by atoms with Gasteiger partial charge in [0.05, 0.1) is 17.8 Å². The lowest BCUT2D eigenvalue weighted by Gasteiger charge is -2.23. The van der Waals surface area contributed by atoms with E-state index in [-0.39, 0.29) is 24.1 Å². The van der Waals surface area contributed by atoms with Gasteiger partial charge in [-0.15, -0.1) is 0 Å². The van der Waals surface area contributed by atoms with Gasteiger partial charge < -0.3 is 25.8 Å². The maximum absolute atomic E-state index is 12.6. The average Bonchev–Trinajstić information content (AvgIpc) is 3.73. The molecule has 0 radical (unpaired) electrons. The maximum atomic E-state index is 12.6. The summed E-state index contributed by atoms with van der Waals surface area (Å²) in [6.45, 7) is 3.45. The molecular weight excluding hydrogens is 652 g/mol. The van der Waals surface area contributed by atoms with E-state index in [1.807, 2.05) is 36.5 Å². The number of nitrogens with two attached hydrogens (primary N) is 1. The first-order chi connectivity index (χ1) is 25.3. The standard InChI is InChI=1S/C43H50N4O5/c1-2-3-5-11-34(48)25-35(49)17-14-30-15-19-40(51)41(22-30)52-42-13-8-12-39(50)36-18-16-31(43(44)45-21-20-29-9-6-4-7-10-29)23-32(36)24-33-26-46-38-28-47(42)27-37(33)38/h4,6-7,9-10,15-16,18-19,22-23,26-27,34,39,42-43,45,48,50-51H,2-3,5,11,13-14,17,20-21,24-25,28,44H2,1H3/p+1. The number of unbranched alkanes of at least 4 members (excludes halogenated alkanes) is 2. The van der Waals surface area contributed by atoms with E-state index < -0.39 is 18.4 Å². The van der Waals surface area contributed by atoms with Crippen LogP contribution in [0.15, 0.2) is 95.3 Å². The van der Waals surface area contributed by atoms with Crippen LogP contribution in [-0.4, -0.2) is 52.2 Å². The molecule has 3 aromatic carbocycles. The Bertz CT molecular complexity index is 1870. The van der Waals surface area contributed by atoms with E-state index in [1.165, 1.54) is 5.56 Å². The lowest BCUT2D eigenvalue weighted by Crippen LogP contribution is -3.12. The molecule has 9 heteroatoms. The van der Waals surface area contributed by atoms with Gasteiger partial charge in [0, 0.05) is 32.0 Å². The largest absolute Gasteiger partial charge is 0.504 e. The van der Waals surface area contributed by atoms with Crippen LogP contribution in [0.1, 0.15) is 92.0 Å². The van der Waals surface area contributed by atoms with Crippen LogP contribution < -0.4 is 20.7 Å². The summed E-state index contributed by atoms with van der Waals surface area (Å²) in [5.74, 6) is 6.55. The van der Waals surface area contributed by atoms with Crippen molar-refractivity contribution in [3.8, 4) is 23.3 Å². The lowest BCUT2D eigenvalue weighted by molar-refractivity contribution is -0.882. The Morgan fingerprint density at radius 2 is 1.94 bits per heavy atom. The molecule has 0 saturated carbocycles. The fraction of sp³-hybridized carbons (Fsp3) is 0.395. The van der Waals surface area contributed by atoms with Crippen molar-refractivity contribution < 1.29 is 29.8 Å². The number of quaternary nitrogens is 1. The zero-order valence-corrected chi connectivity index (χ0v) is 30.0. The highest BCUT2D eigenvalue weighted by Crippen LogP contribution is 2.31. The average molecular weight is 704 g/mol. The van der Waals surface area contributed by atoms with Crippen LogP contribution in [0.4, 0.5) is 0 Å². The molecule has 5 unspecified atom stereocenters. The number of aryl methyl sites for hydroxylation is 1. The highest BCUT2D eigenvalue weighted by atomic mass is 16.5. The molecule has 272 valence electrons. The number of fused-ring (bicyclic) bond motifs is 2. The number of nitrogens with one attached hydrogen (secondary N) is 2. The quantitative estimate of drug-likeness (QED) is 0.0732. The number of ether oxygens (including phenoxy) is 1. The number of aliphatic hydroxyl groups excluding tert-OH is 2. The minimum atomic E-state index is -1.01. The summed E-state index contributed by atoms with van der Waals surface area (Å²) in [7, 11) is 0. The van der Waals surface area contributed by atoms with Crippen molar-refractivity contribution in [1.82, 2.24) is 5.32 Å². The molecule has 2 bridgehead atoms. The van der Waals surface area contributed by atoms with Crippen LogP contribution in [-0.2, 0) is 24.1 Å². The summed E-state index contributed by atoms with van der Waals surface area (Å²) in [5.41, 5.74) is 14.4. The van der Waals surface area contributed by atoms with Gasteiger partial charge in [-0.25, -0.2) is 0 Å². The molecule has 0 amide bonds. The fourth-order valence-corrected chi connectivity index (χ4v) is 7.07. The number of carbonyl (C=O) groups is 1. The molecule has 6 rings (SSSR count). The number of ketones is 1. The summed E-state index contributed by atoms with van der Waals surface area (Å²) in [6.07, 6.45) is 7.96. The molecule has 9 nitrogen and oxygen atoms in total. The molecule has 3 aliphatic heterocycles. The number of nitrogens with zero attached hydrogens (tertiary/aromatic N) is 1. The number of phenols is 1. The first-order valence-electron chi connectivity index (χ1n) is 18.6. The summed E-state index contributed by atoms with van der Waals surface area (Å²) in [6, 6.07) is 21.4. The summed E-state index contributed by atoms with van der Waals surface area (Å²) in [5, 5.41) is 35.8. The van der Waals surface area contributed by atoms with Gasteiger partial charge in [-0.1, -0.05) is 92.6 Å². The van der Waals surface area contributed by atoms with E-state index >= 15 is 0 Å². The number of Topliss-reactive ketones (excluding diaryl/α,β-unsaturated/α-hetero) is 1. The molecule has 3 aromatic rings. The predicted molar refractivity (Wildman–Crippen MR) is 203 cm³/mol. The van der Waals surface area contributed by atoms with E-state index in [0.29, 0.717) is 44.4 Å². The van der Waals surface area contributed by atoms with Gasteiger partial charge in [-0.2, -0.15) is 0 Å². The van der Waals surface area contributed by atoms with Crippen molar-refractivity contribution >= 4 is 11.5 Å². The number of hydrogen-bond acceptors (Lipinski definition) is 8. The van der Waals surface area contributed by atoms with Crippen LogP contribution in [0.25, 0.3) is 0 Å². The third-order valence-corrected chi connectivity index (χ3v) is 10.1. The maximum Gasteiger partial charge on any atom is 0.247 e. The number of benzene rings is 3. The van der Waals surface area contributed by atoms with Gasteiger partial charge in [-0.05, 0) is 64.8 Å². The number of aliphatic hydroxyl groups is 2. The van der Waals surface area contributed by atoms with E-state index in [9.17, 15) is 20.1 Å². The van der Waals surface area contributed by atoms with Gasteiger partial charge in [0.1, 0.15) is 36.8 Å². The number of hydrogen-bond donors (Lipinski definition) is 6. The van der Waals surface area contributed by atoms with Gasteiger partial charge in [0.2, 0.25) is 6.23 Å². The Morgan fingerprint density at radius 3 is 2.77 bits per heavy atom. The molecule has 5 atom stereocenters. The van der Waals surface area contributed by atoms with Gasteiger partial charge in [0.25, 0.3) is 0 Å². The van der Waals surface area contributed by atoms with Gasteiger partial charge >= 0.3 is 0 Å². The molecule has 7 N–H and O–H groups in total. The Morgan fingerprint density at radius 1 is 1.10 bits per heavy atom. The Balaban J connectivity index is 1.15. The molecule has 52 heavy (non-hydrogen) atoms. The Hall–Kier alpha value is -4.56. The molecule has 3 heterocycles. The van der Waals surface area contributed by atoms with Crippen molar-refractivity contribution in [2.75, 3.05) is 13.1 Å². The van der Waals surface area contributed by atoms with E-state index in [2.05, 4.69) is 48.5 Å². The minimum Gasteiger partial charge on any atom is -0.504 e. The number of aromatic hydroxyl groups is 1. The van der Waals surface area contributed by atoms with Crippen molar-refractivity contribution in [2.45, 2.75) is 95.7 Å². The van der Waals surface area contributed by atoms with E-state index in [4.69, 9.17) is 15.5 Å². The fourth-order valence-electron chi connectivity index (χ4n) is 7.07. The summed E-state index contributed by atoms with van der Waals surface area (Å²) >= 11 is 0. The smallest absolute Gasteiger partial charge is 0.247 e. The van der Waals surface area contributed by atoms with Crippen LogP contribution in [0.3, 0.4) is 0 Å². The first kappa shape index (κ1) is 37.2. The number of aliphatic imine (C=N–C) groups is 1. The van der Waals surface area contributed by atoms with Crippen LogP contribution in [0.5, 0.6) is 11.5 Å². The second-order valence-corrected chi connectivity index (χ2v) is 14.1. The third kappa shape index (κ3) is 9.65. The summed E-state index contributed by atoms with van der Waals surface area (Å²) in [4.78, 5) is 18.3. The number of phenolic OH excluding ortho intramolecular Hbond substituents is 1. The van der Waals surface area contributed by atoms with Crippen molar-refractivity contribution in [1.29, 1.82) is 0 Å². The van der Waals surface area contributed by atoms with Crippen molar-refractivity contribution in [3.05, 3.63) is 118 Å². The second-order valence-electron chi connectivity index (χ2n) is 14.1. The zero-order valence-electron chi connectivity index (χ0n) is 30.0. The minimum absolute atomic E-state index is 0.00222. The third-order valence-electron chi connectivity index (χ3n) is 10.1. The Kier molecular flexibility index (Phi) is 12.7. The monoisotopic (exact) mass is 703 g/mol. The molecule has 0 fully saturated rings. The van der Waals surface area contributed by atoms with Crippen molar-refractivity contribution in [3.63, 3.8) is 0 Å². The lowest BCUT2D eigenvalue weighted by atomic mass is 9.91. The highest BCUT2D eigenvalue weighted by molar-refractivity contribution is 6.08. The predicted octanol–water partition coefficient (Wildman–Crippen LogP) is 4.52. The molecule has 0 aromatic heterocycles. The van der Waals surface area contributed by atoms with E-state index in [1.54, 1.807) is 18.2 Å². The SMILES string of the molecule is CCCCCC(O)CC(=O)CCc1ccc(O)c(OC2CC#CC(O)c3ccc(C(N)NCCc4ccccc4)cc3CC3=CN=C4C[NH+]2C=C34)c1. The zero-order chi connectivity index (χ0) is 36.5. The van der Waals surface area contributed by atoms with Gasteiger partial charge in [0.15, 0.2) is 11.5 Å². The molecule has 3 aliphatic rings.